The zero-order valence-corrected chi connectivity index (χ0v) is 15.1. The number of carbonyl (C=O) groups is 1. The summed E-state index contributed by atoms with van der Waals surface area (Å²) in [4.78, 5) is 13.3. The molecule has 0 saturated carbocycles. The van der Waals surface area contributed by atoms with Crippen LogP contribution >= 0.6 is 11.3 Å². The quantitative estimate of drug-likeness (QED) is 0.706. The monoisotopic (exact) mass is 355 g/mol. The summed E-state index contributed by atoms with van der Waals surface area (Å²) in [7, 11) is 0. The van der Waals surface area contributed by atoms with E-state index in [4.69, 9.17) is 4.74 Å². The second-order valence-corrected chi connectivity index (χ2v) is 6.68. The Morgan fingerprint density at radius 3 is 2.80 bits per heavy atom. The normalized spacial score (nSPS) is 11.9. The fraction of sp³-hybridized carbons (Fsp3) is 0.263. The second kappa shape index (κ2) is 7.98. The van der Waals surface area contributed by atoms with Crippen molar-refractivity contribution in [2.75, 3.05) is 6.54 Å². The summed E-state index contributed by atoms with van der Waals surface area (Å²) < 4.78 is 7.54. The summed E-state index contributed by atoms with van der Waals surface area (Å²) in [6.45, 7) is 4.90. The molecule has 130 valence electrons. The van der Waals surface area contributed by atoms with Gasteiger partial charge >= 0.3 is 0 Å². The van der Waals surface area contributed by atoms with Crippen LogP contribution in [-0.2, 0) is 11.3 Å². The van der Waals surface area contributed by atoms with Crippen LogP contribution in [0.25, 0.3) is 10.6 Å². The van der Waals surface area contributed by atoms with Crippen LogP contribution in [0.15, 0.2) is 53.9 Å². The Labute approximate surface area is 151 Å². The molecule has 2 aromatic heterocycles. The smallest absolute Gasteiger partial charge is 0.260 e. The van der Waals surface area contributed by atoms with Gasteiger partial charge in [0.15, 0.2) is 6.10 Å². The molecule has 0 spiro atoms. The number of hydrogen-bond acceptors (Lipinski definition) is 4. The van der Waals surface area contributed by atoms with Crippen molar-refractivity contribution in [2.24, 2.45) is 0 Å². The van der Waals surface area contributed by atoms with Gasteiger partial charge in [0.1, 0.15) is 11.4 Å². The number of aryl methyl sites for hydroxylation is 1. The average molecular weight is 355 g/mol. The van der Waals surface area contributed by atoms with Gasteiger partial charge in [-0.25, -0.2) is 0 Å². The van der Waals surface area contributed by atoms with Crippen LogP contribution in [0, 0.1) is 6.92 Å². The van der Waals surface area contributed by atoms with Crippen LogP contribution < -0.4 is 10.1 Å². The van der Waals surface area contributed by atoms with Crippen LogP contribution in [0.2, 0.25) is 0 Å². The van der Waals surface area contributed by atoms with Gasteiger partial charge in [-0.3, -0.25) is 9.48 Å². The molecule has 2 heterocycles. The number of carbonyl (C=O) groups excluding carboxylic acids is 1. The van der Waals surface area contributed by atoms with Crippen molar-refractivity contribution in [1.82, 2.24) is 15.1 Å². The number of benzene rings is 1. The Bertz CT molecular complexity index is 813. The summed E-state index contributed by atoms with van der Waals surface area (Å²) in [6.07, 6.45) is -0.539. The lowest BCUT2D eigenvalue weighted by Gasteiger charge is -2.14. The first-order valence-corrected chi connectivity index (χ1v) is 9.09. The van der Waals surface area contributed by atoms with Gasteiger partial charge < -0.3 is 10.1 Å². The molecule has 0 radical (unpaired) electrons. The highest BCUT2D eigenvalue weighted by molar-refractivity contribution is 7.13. The predicted octanol–water partition coefficient (Wildman–Crippen LogP) is 3.50. The molecule has 1 N–H and O–H groups in total. The maximum atomic E-state index is 12.2. The van der Waals surface area contributed by atoms with E-state index >= 15 is 0 Å². The van der Waals surface area contributed by atoms with Gasteiger partial charge in [-0.15, -0.1) is 11.3 Å². The van der Waals surface area contributed by atoms with Crippen molar-refractivity contribution < 1.29 is 9.53 Å². The molecule has 3 aromatic rings. The number of aromatic nitrogens is 2. The fourth-order valence-electron chi connectivity index (χ4n) is 2.47. The Morgan fingerprint density at radius 2 is 2.08 bits per heavy atom. The lowest BCUT2D eigenvalue weighted by molar-refractivity contribution is -0.127. The molecule has 25 heavy (non-hydrogen) atoms. The molecule has 0 saturated heterocycles. The van der Waals surface area contributed by atoms with Crippen molar-refractivity contribution in [3.8, 4) is 16.3 Å². The van der Waals surface area contributed by atoms with Gasteiger partial charge in [0.05, 0.1) is 11.4 Å². The van der Waals surface area contributed by atoms with Crippen molar-refractivity contribution >= 4 is 17.2 Å². The lowest BCUT2D eigenvalue weighted by atomic mass is 10.3. The third-order valence-corrected chi connectivity index (χ3v) is 4.70. The molecule has 6 heteroatoms. The number of para-hydroxylation sites is 1. The molecule has 1 amide bonds. The molecule has 0 aliphatic heterocycles. The number of nitrogens with one attached hydrogen (secondary N) is 1. The van der Waals surface area contributed by atoms with Crippen molar-refractivity contribution in [1.29, 1.82) is 0 Å². The first-order chi connectivity index (χ1) is 12.1. The SMILES string of the molecule is Cc1cc(-c2cccs2)nn1CCNC(=O)[C@H](C)Oc1ccccc1. The minimum Gasteiger partial charge on any atom is -0.481 e. The first-order valence-electron chi connectivity index (χ1n) is 8.21. The molecule has 0 bridgehead atoms. The molecular formula is C19H21N3O2S. The van der Waals surface area contributed by atoms with Crippen LogP contribution in [-0.4, -0.2) is 28.3 Å². The van der Waals surface area contributed by atoms with E-state index in [0.29, 0.717) is 18.8 Å². The van der Waals surface area contributed by atoms with E-state index < -0.39 is 6.10 Å². The molecule has 0 aliphatic carbocycles. The van der Waals surface area contributed by atoms with Gasteiger partial charge in [0.25, 0.3) is 5.91 Å². The standard InChI is InChI=1S/C19H21N3O2S/c1-14-13-17(18-9-6-12-25-18)21-22(14)11-10-20-19(23)15(2)24-16-7-4-3-5-8-16/h3-9,12-13,15H,10-11H2,1-2H3,(H,20,23)/t15-/m0/s1. The minimum absolute atomic E-state index is 0.132. The maximum Gasteiger partial charge on any atom is 0.260 e. The number of amides is 1. The predicted molar refractivity (Wildman–Crippen MR) is 99.8 cm³/mol. The van der Waals surface area contributed by atoms with E-state index in [1.54, 1.807) is 18.3 Å². The number of nitrogens with zero attached hydrogens (tertiary/aromatic N) is 2. The molecule has 3 rings (SSSR count). The summed E-state index contributed by atoms with van der Waals surface area (Å²) in [5.41, 5.74) is 2.05. The highest BCUT2D eigenvalue weighted by Gasteiger charge is 2.14. The molecular weight excluding hydrogens is 334 g/mol. The third-order valence-electron chi connectivity index (χ3n) is 3.80. The second-order valence-electron chi connectivity index (χ2n) is 5.74. The van der Waals surface area contributed by atoms with Gasteiger partial charge in [-0.2, -0.15) is 5.10 Å². The number of rotatable bonds is 7. The van der Waals surface area contributed by atoms with Gasteiger partial charge in [0.2, 0.25) is 0 Å². The van der Waals surface area contributed by atoms with Gasteiger partial charge in [-0.05, 0) is 43.5 Å². The maximum absolute atomic E-state index is 12.2. The van der Waals surface area contributed by atoms with Crippen molar-refractivity contribution in [2.45, 2.75) is 26.5 Å². The van der Waals surface area contributed by atoms with Gasteiger partial charge in [0, 0.05) is 12.2 Å². The minimum atomic E-state index is -0.539. The topological polar surface area (TPSA) is 56.2 Å². The molecule has 1 atom stereocenters. The summed E-state index contributed by atoms with van der Waals surface area (Å²) in [6, 6.07) is 15.5. The van der Waals surface area contributed by atoms with E-state index in [-0.39, 0.29) is 5.91 Å². The summed E-state index contributed by atoms with van der Waals surface area (Å²) >= 11 is 1.67. The summed E-state index contributed by atoms with van der Waals surface area (Å²) in [5.74, 6) is 0.556. The molecule has 0 fully saturated rings. The molecule has 5 nitrogen and oxygen atoms in total. The first kappa shape index (κ1) is 17.2. The number of hydrogen-bond donors (Lipinski definition) is 1. The Balaban J connectivity index is 1.50. The van der Waals surface area contributed by atoms with Crippen LogP contribution in [0.4, 0.5) is 0 Å². The summed E-state index contributed by atoms with van der Waals surface area (Å²) in [5, 5.41) is 9.55. The zero-order chi connectivity index (χ0) is 17.6. The van der Waals surface area contributed by atoms with Crippen LogP contribution in [0.5, 0.6) is 5.75 Å². The Hall–Kier alpha value is -2.60. The fourth-order valence-corrected chi connectivity index (χ4v) is 3.15. The van der Waals surface area contributed by atoms with Gasteiger partial charge in [-0.1, -0.05) is 24.3 Å². The highest BCUT2D eigenvalue weighted by Crippen LogP contribution is 2.23. The Morgan fingerprint density at radius 1 is 1.28 bits per heavy atom. The van der Waals surface area contributed by atoms with Crippen LogP contribution in [0.3, 0.4) is 0 Å². The van der Waals surface area contributed by atoms with E-state index in [2.05, 4.69) is 22.5 Å². The lowest BCUT2D eigenvalue weighted by Crippen LogP contribution is -2.38. The van der Waals surface area contributed by atoms with Crippen molar-refractivity contribution in [3.05, 3.63) is 59.6 Å². The highest BCUT2D eigenvalue weighted by atomic mass is 32.1. The molecule has 0 unspecified atom stereocenters. The third kappa shape index (κ3) is 4.48. The van der Waals surface area contributed by atoms with Crippen molar-refractivity contribution in [3.63, 3.8) is 0 Å². The van der Waals surface area contributed by atoms with E-state index in [1.165, 1.54) is 0 Å². The van der Waals surface area contributed by atoms with E-state index in [1.807, 2.05) is 53.4 Å². The molecule has 0 aliphatic rings. The van der Waals surface area contributed by atoms with E-state index in [0.717, 1.165) is 16.3 Å². The average Bonchev–Trinajstić information content (AvgIpc) is 3.26. The Kier molecular flexibility index (Phi) is 5.50. The molecule has 1 aromatic carbocycles. The number of ether oxygens (including phenoxy) is 1. The number of thiophene rings is 1. The largest absolute Gasteiger partial charge is 0.481 e. The zero-order valence-electron chi connectivity index (χ0n) is 14.3. The van der Waals surface area contributed by atoms with Crippen LogP contribution in [0.1, 0.15) is 12.6 Å². The van der Waals surface area contributed by atoms with E-state index in [9.17, 15) is 4.79 Å².